The molecule has 19 heavy (non-hydrogen) atoms. The highest BCUT2D eigenvalue weighted by Crippen LogP contribution is 2.09. The molecule has 0 aliphatic heterocycles. The molecule has 2 unspecified atom stereocenters. The number of carboxylic acid groups (broad SMARTS) is 1. The van der Waals surface area contributed by atoms with Crippen LogP contribution in [0.25, 0.3) is 0 Å². The Morgan fingerprint density at radius 1 is 1.32 bits per heavy atom. The van der Waals surface area contributed by atoms with E-state index >= 15 is 0 Å². The molecule has 1 aromatic rings. The topological polar surface area (TPSA) is 92.2 Å². The van der Waals surface area contributed by atoms with E-state index in [1.165, 1.54) is 18.6 Å². The fourth-order valence-corrected chi connectivity index (χ4v) is 1.64. The first kappa shape index (κ1) is 15.1. The Bertz CT molecular complexity index is 422. The van der Waals surface area contributed by atoms with Crippen LogP contribution in [-0.2, 0) is 4.79 Å². The highest BCUT2D eigenvalue weighted by atomic mass is 16.4. The number of aromatic nitrogens is 2. The SMILES string of the molecule is CC(CCCC(C)C(=O)O)NC(=O)c1cnccn1. The van der Waals surface area contributed by atoms with Crippen LogP contribution < -0.4 is 5.32 Å². The normalized spacial score (nSPS) is 13.6. The number of carboxylic acids is 1. The maximum Gasteiger partial charge on any atom is 0.306 e. The van der Waals surface area contributed by atoms with E-state index in [0.717, 1.165) is 12.8 Å². The average Bonchev–Trinajstić information content (AvgIpc) is 2.39. The van der Waals surface area contributed by atoms with Crippen molar-refractivity contribution >= 4 is 11.9 Å². The Kier molecular flexibility index (Phi) is 5.92. The molecule has 0 aromatic carbocycles. The van der Waals surface area contributed by atoms with E-state index in [4.69, 9.17) is 5.11 Å². The van der Waals surface area contributed by atoms with Gasteiger partial charge >= 0.3 is 5.97 Å². The summed E-state index contributed by atoms with van der Waals surface area (Å²) in [5.74, 6) is -1.38. The highest BCUT2D eigenvalue weighted by molar-refractivity contribution is 5.92. The zero-order valence-corrected chi connectivity index (χ0v) is 11.2. The molecule has 0 bridgehead atoms. The molecule has 1 heterocycles. The monoisotopic (exact) mass is 265 g/mol. The molecule has 2 N–H and O–H groups in total. The van der Waals surface area contributed by atoms with Gasteiger partial charge in [0.1, 0.15) is 5.69 Å². The zero-order valence-electron chi connectivity index (χ0n) is 11.2. The van der Waals surface area contributed by atoms with Gasteiger partial charge in [-0.05, 0) is 19.8 Å². The first-order valence-electron chi connectivity index (χ1n) is 6.30. The van der Waals surface area contributed by atoms with E-state index in [9.17, 15) is 9.59 Å². The zero-order chi connectivity index (χ0) is 14.3. The first-order chi connectivity index (χ1) is 9.00. The van der Waals surface area contributed by atoms with Crippen LogP contribution in [0.4, 0.5) is 0 Å². The summed E-state index contributed by atoms with van der Waals surface area (Å²) in [5, 5.41) is 11.6. The van der Waals surface area contributed by atoms with Crippen molar-refractivity contribution in [2.45, 2.75) is 39.2 Å². The predicted molar refractivity (Wildman–Crippen MR) is 69.6 cm³/mol. The van der Waals surface area contributed by atoms with Gasteiger partial charge in [0.05, 0.1) is 12.1 Å². The lowest BCUT2D eigenvalue weighted by atomic mass is 10.0. The van der Waals surface area contributed by atoms with Gasteiger partial charge in [0.15, 0.2) is 0 Å². The second-order valence-corrected chi connectivity index (χ2v) is 4.64. The van der Waals surface area contributed by atoms with Crippen LogP contribution in [0.3, 0.4) is 0 Å². The summed E-state index contributed by atoms with van der Waals surface area (Å²) in [4.78, 5) is 30.1. The van der Waals surface area contributed by atoms with Crippen molar-refractivity contribution in [1.82, 2.24) is 15.3 Å². The number of nitrogens with one attached hydrogen (secondary N) is 1. The van der Waals surface area contributed by atoms with Gasteiger partial charge in [0.25, 0.3) is 5.91 Å². The standard InChI is InChI=1S/C13H19N3O3/c1-9(13(18)19)4-3-5-10(2)16-12(17)11-8-14-6-7-15-11/h6-10H,3-5H2,1-2H3,(H,16,17)(H,18,19). The van der Waals surface area contributed by atoms with E-state index in [-0.39, 0.29) is 23.6 Å². The van der Waals surface area contributed by atoms with Gasteiger partial charge in [0, 0.05) is 18.4 Å². The third-order valence-electron chi connectivity index (χ3n) is 2.87. The van der Waals surface area contributed by atoms with Crippen LogP contribution >= 0.6 is 0 Å². The number of hydrogen-bond donors (Lipinski definition) is 2. The second kappa shape index (κ2) is 7.45. The lowest BCUT2D eigenvalue weighted by molar-refractivity contribution is -0.141. The van der Waals surface area contributed by atoms with E-state index < -0.39 is 5.97 Å². The van der Waals surface area contributed by atoms with Gasteiger partial charge in [-0.3, -0.25) is 14.6 Å². The molecular formula is C13H19N3O3. The highest BCUT2D eigenvalue weighted by Gasteiger charge is 2.13. The number of aliphatic carboxylic acids is 1. The van der Waals surface area contributed by atoms with E-state index in [0.29, 0.717) is 6.42 Å². The molecular weight excluding hydrogens is 246 g/mol. The molecule has 0 saturated carbocycles. The summed E-state index contributed by atoms with van der Waals surface area (Å²) < 4.78 is 0. The van der Waals surface area contributed by atoms with Crippen molar-refractivity contribution in [2.24, 2.45) is 5.92 Å². The smallest absolute Gasteiger partial charge is 0.306 e. The molecule has 0 radical (unpaired) electrons. The minimum absolute atomic E-state index is 0.0181. The lowest BCUT2D eigenvalue weighted by Crippen LogP contribution is -2.33. The number of rotatable bonds is 7. The van der Waals surface area contributed by atoms with Gasteiger partial charge in [-0.15, -0.1) is 0 Å². The van der Waals surface area contributed by atoms with Crippen molar-refractivity contribution < 1.29 is 14.7 Å². The minimum Gasteiger partial charge on any atom is -0.481 e. The molecule has 2 atom stereocenters. The number of carbonyl (C=O) groups excluding carboxylic acids is 1. The summed E-state index contributed by atoms with van der Waals surface area (Å²) in [7, 11) is 0. The molecule has 0 aliphatic carbocycles. The first-order valence-corrected chi connectivity index (χ1v) is 6.30. The number of carbonyl (C=O) groups is 2. The van der Waals surface area contributed by atoms with Gasteiger partial charge in [0.2, 0.25) is 0 Å². The molecule has 0 fully saturated rings. The summed E-state index contributed by atoms with van der Waals surface area (Å²) >= 11 is 0. The summed E-state index contributed by atoms with van der Waals surface area (Å²) in [6, 6.07) is -0.0181. The third-order valence-corrected chi connectivity index (χ3v) is 2.87. The Balaban J connectivity index is 2.30. The number of hydrogen-bond acceptors (Lipinski definition) is 4. The largest absolute Gasteiger partial charge is 0.481 e. The second-order valence-electron chi connectivity index (χ2n) is 4.64. The summed E-state index contributed by atoms with van der Waals surface area (Å²) in [5.41, 5.74) is 0.285. The van der Waals surface area contributed by atoms with Gasteiger partial charge in [-0.25, -0.2) is 4.98 Å². The number of nitrogens with zero attached hydrogens (tertiary/aromatic N) is 2. The summed E-state index contributed by atoms with van der Waals surface area (Å²) in [6.45, 7) is 3.57. The Labute approximate surface area is 112 Å². The molecule has 1 amide bonds. The van der Waals surface area contributed by atoms with E-state index in [2.05, 4.69) is 15.3 Å². The van der Waals surface area contributed by atoms with Crippen LogP contribution in [0.1, 0.15) is 43.6 Å². The van der Waals surface area contributed by atoms with Gasteiger partial charge in [-0.2, -0.15) is 0 Å². The van der Waals surface area contributed by atoms with Crippen molar-refractivity contribution in [2.75, 3.05) is 0 Å². The Morgan fingerprint density at radius 2 is 2.05 bits per heavy atom. The van der Waals surface area contributed by atoms with Crippen LogP contribution in [-0.4, -0.2) is 33.0 Å². The molecule has 1 rings (SSSR count). The molecule has 0 spiro atoms. The van der Waals surface area contributed by atoms with Crippen LogP contribution in [0, 0.1) is 5.92 Å². The molecule has 0 saturated heterocycles. The summed E-state index contributed by atoms with van der Waals surface area (Å²) in [6.07, 6.45) is 6.50. The van der Waals surface area contributed by atoms with E-state index in [1.54, 1.807) is 6.92 Å². The molecule has 6 nitrogen and oxygen atoms in total. The molecule has 6 heteroatoms. The van der Waals surface area contributed by atoms with Crippen LogP contribution in [0.5, 0.6) is 0 Å². The Morgan fingerprint density at radius 3 is 2.63 bits per heavy atom. The maximum atomic E-state index is 11.8. The van der Waals surface area contributed by atoms with Crippen molar-refractivity contribution in [1.29, 1.82) is 0 Å². The molecule has 1 aromatic heterocycles. The fourth-order valence-electron chi connectivity index (χ4n) is 1.64. The van der Waals surface area contributed by atoms with E-state index in [1.807, 2.05) is 6.92 Å². The molecule has 104 valence electrons. The molecule has 0 aliphatic rings. The van der Waals surface area contributed by atoms with Gasteiger partial charge in [-0.1, -0.05) is 13.3 Å². The lowest BCUT2D eigenvalue weighted by Gasteiger charge is -2.14. The fraction of sp³-hybridized carbons (Fsp3) is 0.538. The average molecular weight is 265 g/mol. The van der Waals surface area contributed by atoms with Crippen molar-refractivity contribution in [3.63, 3.8) is 0 Å². The number of amides is 1. The Hall–Kier alpha value is -1.98. The minimum atomic E-state index is -0.781. The third kappa shape index (κ3) is 5.46. The van der Waals surface area contributed by atoms with Crippen LogP contribution in [0.15, 0.2) is 18.6 Å². The maximum absolute atomic E-state index is 11.8. The van der Waals surface area contributed by atoms with Crippen LogP contribution in [0.2, 0.25) is 0 Å². The quantitative estimate of drug-likeness (QED) is 0.779. The van der Waals surface area contributed by atoms with Crippen molar-refractivity contribution in [3.8, 4) is 0 Å². The van der Waals surface area contributed by atoms with Crippen molar-refractivity contribution in [3.05, 3.63) is 24.3 Å². The van der Waals surface area contributed by atoms with Gasteiger partial charge < -0.3 is 10.4 Å². The predicted octanol–water partition coefficient (Wildman–Crippen LogP) is 1.49.